The Morgan fingerprint density at radius 3 is 2.88 bits per heavy atom. The molecule has 0 saturated carbocycles. The molecule has 0 bridgehead atoms. The quantitative estimate of drug-likeness (QED) is 0.718. The smallest absolute Gasteiger partial charge is 0.259 e. The van der Waals surface area contributed by atoms with E-state index in [4.69, 9.17) is 9.47 Å². The van der Waals surface area contributed by atoms with Crippen LogP contribution in [0.5, 0.6) is 5.75 Å². The van der Waals surface area contributed by atoms with Gasteiger partial charge in [0.15, 0.2) is 0 Å². The number of ether oxygens (including phenoxy) is 2. The minimum absolute atomic E-state index is 0.106. The Hall–Kier alpha value is -2.93. The zero-order valence-electron chi connectivity index (χ0n) is 13.7. The van der Waals surface area contributed by atoms with Gasteiger partial charge in [0.25, 0.3) is 5.56 Å². The summed E-state index contributed by atoms with van der Waals surface area (Å²) < 4.78 is 12.7. The number of anilines is 1. The van der Waals surface area contributed by atoms with Crippen LogP contribution in [0.15, 0.2) is 53.7 Å². The van der Waals surface area contributed by atoms with E-state index in [-0.39, 0.29) is 5.56 Å². The van der Waals surface area contributed by atoms with E-state index >= 15 is 0 Å². The van der Waals surface area contributed by atoms with Crippen molar-refractivity contribution in [2.45, 2.75) is 6.61 Å². The molecule has 4 heterocycles. The lowest BCUT2D eigenvalue weighted by molar-refractivity contribution is 0.122. The third kappa shape index (κ3) is 3.46. The number of hydrogen-bond acceptors (Lipinski definition) is 6. The van der Waals surface area contributed by atoms with Gasteiger partial charge in [0.1, 0.15) is 23.8 Å². The molecule has 0 radical (unpaired) electrons. The van der Waals surface area contributed by atoms with Gasteiger partial charge >= 0.3 is 0 Å². The van der Waals surface area contributed by atoms with Crippen LogP contribution >= 0.6 is 0 Å². The van der Waals surface area contributed by atoms with Crippen molar-refractivity contribution in [3.05, 3.63) is 64.8 Å². The summed E-state index contributed by atoms with van der Waals surface area (Å²) in [6, 6.07) is 8.93. The second-order valence-electron chi connectivity index (χ2n) is 5.79. The minimum atomic E-state index is -0.106. The lowest BCUT2D eigenvalue weighted by atomic mass is 10.3. The molecule has 0 aromatic carbocycles. The third-order valence-corrected chi connectivity index (χ3v) is 4.09. The first-order valence-corrected chi connectivity index (χ1v) is 8.17. The highest BCUT2D eigenvalue weighted by atomic mass is 16.5. The number of fused-ring (bicyclic) bond motifs is 1. The van der Waals surface area contributed by atoms with Crippen LogP contribution in [0.25, 0.3) is 5.65 Å². The summed E-state index contributed by atoms with van der Waals surface area (Å²) in [5.41, 5.74) is 1.44. The van der Waals surface area contributed by atoms with Gasteiger partial charge in [-0.1, -0.05) is 6.07 Å². The summed E-state index contributed by atoms with van der Waals surface area (Å²) in [5.74, 6) is 1.34. The van der Waals surface area contributed by atoms with Gasteiger partial charge in [-0.25, -0.2) is 4.98 Å². The van der Waals surface area contributed by atoms with Crippen LogP contribution < -0.4 is 15.2 Å². The molecule has 0 unspecified atom stereocenters. The first-order valence-electron chi connectivity index (χ1n) is 8.17. The van der Waals surface area contributed by atoms with Gasteiger partial charge in [0.05, 0.1) is 13.2 Å². The van der Waals surface area contributed by atoms with Crippen molar-refractivity contribution in [2.75, 3.05) is 31.2 Å². The van der Waals surface area contributed by atoms with E-state index < -0.39 is 0 Å². The maximum absolute atomic E-state index is 12.3. The summed E-state index contributed by atoms with van der Waals surface area (Å²) in [7, 11) is 0. The molecular formula is C18H18N4O3. The Bertz CT molecular complexity index is 921. The molecular weight excluding hydrogens is 320 g/mol. The van der Waals surface area contributed by atoms with Crippen LogP contribution in [0.3, 0.4) is 0 Å². The van der Waals surface area contributed by atoms with Crippen molar-refractivity contribution in [3.63, 3.8) is 0 Å². The van der Waals surface area contributed by atoms with Gasteiger partial charge in [-0.05, 0) is 12.1 Å². The van der Waals surface area contributed by atoms with Crippen molar-refractivity contribution in [1.82, 2.24) is 14.4 Å². The third-order valence-electron chi connectivity index (χ3n) is 4.09. The minimum Gasteiger partial charge on any atom is -0.489 e. The van der Waals surface area contributed by atoms with E-state index in [1.165, 1.54) is 4.40 Å². The van der Waals surface area contributed by atoms with E-state index in [9.17, 15) is 4.79 Å². The average Bonchev–Trinajstić information content (AvgIpc) is 2.67. The number of pyridine rings is 2. The molecule has 0 atom stereocenters. The summed E-state index contributed by atoms with van der Waals surface area (Å²) in [5, 5.41) is 0. The summed E-state index contributed by atoms with van der Waals surface area (Å²) in [6.07, 6.45) is 5.18. The highest BCUT2D eigenvalue weighted by Crippen LogP contribution is 2.17. The molecule has 25 heavy (non-hydrogen) atoms. The van der Waals surface area contributed by atoms with Gasteiger partial charge < -0.3 is 14.4 Å². The molecule has 3 aromatic heterocycles. The maximum atomic E-state index is 12.3. The zero-order valence-corrected chi connectivity index (χ0v) is 13.7. The molecule has 0 spiro atoms. The molecule has 7 heteroatoms. The summed E-state index contributed by atoms with van der Waals surface area (Å²) in [4.78, 5) is 23.1. The van der Waals surface area contributed by atoms with Crippen molar-refractivity contribution >= 4 is 11.5 Å². The molecule has 3 aromatic rings. The Morgan fingerprint density at radius 1 is 1.20 bits per heavy atom. The van der Waals surface area contributed by atoms with Crippen LogP contribution in [0, 0.1) is 0 Å². The lowest BCUT2D eigenvalue weighted by Gasteiger charge is -2.27. The summed E-state index contributed by atoms with van der Waals surface area (Å²) in [6.45, 7) is 3.18. The molecule has 0 aliphatic carbocycles. The number of nitrogens with zero attached hydrogens (tertiary/aromatic N) is 4. The Labute approximate surface area is 144 Å². The van der Waals surface area contributed by atoms with E-state index in [0.29, 0.717) is 37.0 Å². The van der Waals surface area contributed by atoms with Crippen molar-refractivity contribution in [2.24, 2.45) is 0 Å². The first kappa shape index (κ1) is 15.6. The Balaban J connectivity index is 1.60. The molecule has 4 rings (SSSR count). The summed E-state index contributed by atoms with van der Waals surface area (Å²) >= 11 is 0. The van der Waals surface area contributed by atoms with Gasteiger partial charge in [-0.15, -0.1) is 0 Å². The average molecular weight is 338 g/mol. The highest BCUT2D eigenvalue weighted by Gasteiger charge is 2.14. The van der Waals surface area contributed by atoms with Gasteiger partial charge in [-0.2, -0.15) is 0 Å². The molecule has 0 amide bonds. The van der Waals surface area contributed by atoms with Gasteiger partial charge in [0, 0.05) is 49.4 Å². The molecule has 7 nitrogen and oxygen atoms in total. The molecule has 1 saturated heterocycles. The predicted octanol–water partition coefficient (Wildman–Crippen LogP) is 1.51. The maximum Gasteiger partial charge on any atom is 0.259 e. The highest BCUT2D eigenvalue weighted by molar-refractivity contribution is 5.51. The fourth-order valence-electron chi connectivity index (χ4n) is 2.77. The van der Waals surface area contributed by atoms with Crippen molar-refractivity contribution in [3.8, 4) is 5.75 Å². The number of morpholine rings is 1. The Kier molecular flexibility index (Phi) is 4.30. The standard InChI is InChI=1S/C18H18N4O3/c23-18-11-16(21-6-8-24-9-7-21)20-17-10-15(3-5-22(17)18)25-13-14-2-1-4-19-12-14/h1-5,10-12H,6-9,13H2. The topological polar surface area (TPSA) is 69.0 Å². The van der Waals surface area contributed by atoms with Crippen LogP contribution in [-0.4, -0.2) is 40.7 Å². The van der Waals surface area contributed by atoms with Gasteiger partial charge in [-0.3, -0.25) is 14.2 Å². The fourth-order valence-corrected chi connectivity index (χ4v) is 2.77. The van der Waals surface area contributed by atoms with Crippen LogP contribution in [-0.2, 0) is 11.3 Å². The zero-order chi connectivity index (χ0) is 17.1. The van der Waals surface area contributed by atoms with E-state index in [1.807, 2.05) is 12.1 Å². The normalized spacial score (nSPS) is 14.6. The molecule has 128 valence electrons. The van der Waals surface area contributed by atoms with E-state index in [2.05, 4.69) is 14.9 Å². The van der Waals surface area contributed by atoms with Crippen molar-refractivity contribution in [1.29, 1.82) is 0 Å². The number of aromatic nitrogens is 3. The number of hydrogen-bond donors (Lipinski definition) is 0. The monoisotopic (exact) mass is 338 g/mol. The lowest BCUT2D eigenvalue weighted by Crippen LogP contribution is -2.37. The molecule has 0 N–H and O–H groups in total. The van der Waals surface area contributed by atoms with Crippen LogP contribution in [0.4, 0.5) is 5.82 Å². The van der Waals surface area contributed by atoms with Crippen molar-refractivity contribution < 1.29 is 9.47 Å². The van der Waals surface area contributed by atoms with Crippen LogP contribution in [0.2, 0.25) is 0 Å². The number of rotatable bonds is 4. The molecule has 1 fully saturated rings. The second-order valence-corrected chi connectivity index (χ2v) is 5.79. The van der Waals surface area contributed by atoms with Gasteiger partial charge in [0.2, 0.25) is 0 Å². The SMILES string of the molecule is O=c1cc(N2CCOCC2)nc2cc(OCc3cccnc3)ccn12. The molecule has 1 aliphatic heterocycles. The Morgan fingerprint density at radius 2 is 2.08 bits per heavy atom. The second kappa shape index (κ2) is 6.90. The molecule has 1 aliphatic rings. The largest absolute Gasteiger partial charge is 0.489 e. The van der Waals surface area contributed by atoms with E-state index in [1.54, 1.807) is 36.8 Å². The van der Waals surface area contributed by atoms with E-state index in [0.717, 1.165) is 18.7 Å². The predicted molar refractivity (Wildman–Crippen MR) is 93.1 cm³/mol. The first-order chi connectivity index (χ1) is 12.3. The van der Waals surface area contributed by atoms with Crippen LogP contribution in [0.1, 0.15) is 5.56 Å². The fraction of sp³-hybridized carbons (Fsp3) is 0.278.